The zero-order valence-electron chi connectivity index (χ0n) is 13.3. The highest BCUT2D eigenvalue weighted by Gasteiger charge is 2.69. The number of methoxy groups -OCH3 is 1. The highest BCUT2D eigenvalue weighted by atomic mass is 17.3. The molecule has 21 heavy (non-hydrogen) atoms. The highest BCUT2D eigenvalue weighted by Crippen LogP contribution is 2.60. The monoisotopic (exact) mass is 298 g/mol. The molecule has 0 aromatic carbocycles. The summed E-state index contributed by atoms with van der Waals surface area (Å²) in [6.07, 6.45) is 3.64. The van der Waals surface area contributed by atoms with E-state index in [1.165, 1.54) is 6.42 Å². The van der Waals surface area contributed by atoms with E-state index in [2.05, 4.69) is 13.8 Å². The van der Waals surface area contributed by atoms with E-state index >= 15 is 0 Å². The van der Waals surface area contributed by atoms with Gasteiger partial charge in [0.05, 0.1) is 0 Å². The molecule has 0 radical (unpaired) electrons. The molecule has 0 N–H and O–H groups in total. The Labute approximate surface area is 126 Å². The first kappa shape index (κ1) is 14.4. The minimum absolute atomic E-state index is 0.230. The van der Waals surface area contributed by atoms with Crippen molar-refractivity contribution >= 4 is 0 Å². The summed E-state index contributed by atoms with van der Waals surface area (Å²) < 4.78 is 17.9. The number of rotatable bonds is 1. The lowest BCUT2D eigenvalue weighted by Gasteiger charge is -2.60. The van der Waals surface area contributed by atoms with Crippen LogP contribution in [-0.2, 0) is 24.0 Å². The lowest BCUT2D eigenvalue weighted by molar-refractivity contribution is -0.577. The third-order valence-corrected chi connectivity index (χ3v) is 6.33. The Hall–Kier alpha value is -0.200. The zero-order valence-corrected chi connectivity index (χ0v) is 13.3. The Balaban J connectivity index is 1.79. The van der Waals surface area contributed by atoms with E-state index in [4.69, 9.17) is 24.0 Å². The van der Waals surface area contributed by atoms with Gasteiger partial charge in [-0.05, 0) is 38.0 Å². The molecule has 5 nitrogen and oxygen atoms in total. The average Bonchev–Trinajstić information content (AvgIpc) is 2.69. The minimum Gasteiger partial charge on any atom is -0.355 e. The van der Waals surface area contributed by atoms with Crippen LogP contribution in [0.4, 0.5) is 0 Å². The Kier molecular flexibility index (Phi) is 3.19. The molecular weight excluding hydrogens is 272 g/mol. The second-order valence-corrected chi connectivity index (χ2v) is 7.51. The fraction of sp³-hybridized carbons (Fsp3) is 1.00. The maximum absolute atomic E-state index is 6.21. The topological polar surface area (TPSA) is 46.2 Å². The molecule has 5 rings (SSSR count). The average molecular weight is 298 g/mol. The summed E-state index contributed by atoms with van der Waals surface area (Å²) in [5.41, 5.74) is -0.470. The smallest absolute Gasteiger partial charge is 0.201 e. The van der Waals surface area contributed by atoms with Crippen molar-refractivity contribution in [3.8, 4) is 0 Å². The fourth-order valence-corrected chi connectivity index (χ4v) is 5.14. The van der Waals surface area contributed by atoms with E-state index in [1.807, 2.05) is 6.92 Å². The summed E-state index contributed by atoms with van der Waals surface area (Å²) in [4.78, 5) is 11.8. The van der Waals surface area contributed by atoms with Crippen LogP contribution in [0.3, 0.4) is 0 Å². The van der Waals surface area contributed by atoms with E-state index in [-0.39, 0.29) is 12.2 Å². The standard InChI is InChI=1S/C16H26O5/c1-9-5-6-12-10(2)13(17-4)18-14-16(12)11(9)7-8-15(3,19-14)20-21-16/h9-14H,5-8H2,1-4H3/t9-,10+,11+,12+,13-,14+,15-,16+/m0/s1. The van der Waals surface area contributed by atoms with E-state index in [0.717, 1.165) is 19.3 Å². The maximum Gasteiger partial charge on any atom is 0.201 e. The van der Waals surface area contributed by atoms with Crippen molar-refractivity contribution in [3.63, 3.8) is 0 Å². The summed E-state index contributed by atoms with van der Waals surface area (Å²) in [5, 5.41) is 0. The maximum atomic E-state index is 6.21. The Morgan fingerprint density at radius 1 is 1.05 bits per heavy atom. The van der Waals surface area contributed by atoms with Gasteiger partial charge in [-0.3, -0.25) is 0 Å². The van der Waals surface area contributed by atoms with Crippen molar-refractivity contribution in [3.05, 3.63) is 0 Å². The van der Waals surface area contributed by atoms with Crippen LogP contribution in [0.1, 0.15) is 46.5 Å². The molecule has 0 aromatic heterocycles. The summed E-state index contributed by atoms with van der Waals surface area (Å²) in [6.45, 7) is 6.46. The molecule has 5 heteroatoms. The van der Waals surface area contributed by atoms with Crippen molar-refractivity contribution in [1.82, 2.24) is 0 Å². The van der Waals surface area contributed by atoms with Gasteiger partial charge < -0.3 is 14.2 Å². The zero-order chi connectivity index (χ0) is 14.8. The molecule has 120 valence electrons. The minimum atomic E-state index is -0.698. The van der Waals surface area contributed by atoms with E-state index in [0.29, 0.717) is 17.8 Å². The highest BCUT2D eigenvalue weighted by molar-refractivity contribution is 5.08. The first-order valence-electron chi connectivity index (χ1n) is 8.23. The van der Waals surface area contributed by atoms with Gasteiger partial charge in [-0.25, -0.2) is 9.78 Å². The Morgan fingerprint density at radius 3 is 2.62 bits per heavy atom. The molecule has 1 spiro atoms. The molecule has 5 aliphatic rings. The molecule has 0 unspecified atom stereocenters. The second kappa shape index (κ2) is 4.65. The fourth-order valence-electron chi connectivity index (χ4n) is 5.14. The van der Waals surface area contributed by atoms with Crippen LogP contribution in [0.2, 0.25) is 0 Å². The van der Waals surface area contributed by atoms with Crippen LogP contribution < -0.4 is 0 Å². The third-order valence-electron chi connectivity index (χ3n) is 6.33. The SMILES string of the molecule is CO[C@H]1O[C@@H]2O[C@]3(C)CC[C@@H]4[C@@H](C)CC[C@H]([C@H]1C)[C@@]24OO3. The first-order chi connectivity index (χ1) is 10.00. The first-order valence-corrected chi connectivity index (χ1v) is 8.23. The van der Waals surface area contributed by atoms with Crippen LogP contribution in [0.15, 0.2) is 0 Å². The number of ether oxygens (including phenoxy) is 3. The van der Waals surface area contributed by atoms with Crippen LogP contribution in [0.25, 0.3) is 0 Å². The lowest BCUT2D eigenvalue weighted by atomic mass is 9.58. The molecule has 0 aromatic rings. The summed E-state index contributed by atoms with van der Waals surface area (Å²) in [6, 6.07) is 0. The van der Waals surface area contributed by atoms with Gasteiger partial charge in [-0.2, -0.15) is 0 Å². The Bertz CT molecular complexity index is 429. The third kappa shape index (κ3) is 1.81. The molecule has 1 saturated carbocycles. The molecule has 4 saturated heterocycles. The predicted octanol–water partition coefficient (Wildman–Crippen LogP) is 2.84. The normalized spacial score (nSPS) is 59.4. The molecule has 2 bridgehead atoms. The van der Waals surface area contributed by atoms with E-state index in [1.54, 1.807) is 7.11 Å². The van der Waals surface area contributed by atoms with Crippen LogP contribution in [0.5, 0.6) is 0 Å². The van der Waals surface area contributed by atoms with Gasteiger partial charge in [0.15, 0.2) is 18.2 Å². The van der Waals surface area contributed by atoms with Crippen molar-refractivity contribution in [2.24, 2.45) is 23.7 Å². The molecule has 8 atom stereocenters. The largest absolute Gasteiger partial charge is 0.355 e. The predicted molar refractivity (Wildman–Crippen MR) is 73.8 cm³/mol. The van der Waals surface area contributed by atoms with Crippen LogP contribution in [0, 0.1) is 23.7 Å². The van der Waals surface area contributed by atoms with E-state index in [9.17, 15) is 0 Å². The van der Waals surface area contributed by atoms with Crippen molar-refractivity contribution in [2.75, 3.05) is 7.11 Å². The van der Waals surface area contributed by atoms with E-state index < -0.39 is 17.7 Å². The van der Waals surface area contributed by atoms with Crippen LogP contribution in [-0.4, -0.2) is 31.1 Å². The van der Waals surface area contributed by atoms with Crippen molar-refractivity contribution in [1.29, 1.82) is 0 Å². The van der Waals surface area contributed by atoms with Gasteiger partial charge in [0.1, 0.15) is 0 Å². The summed E-state index contributed by atoms with van der Waals surface area (Å²) in [5.74, 6) is 0.953. The van der Waals surface area contributed by atoms with Crippen molar-refractivity contribution in [2.45, 2.75) is 70.4 Å². The van der Waals surface area contributed by atoms with Gasteiger partial charge in [0, 0.05) is 25.4 Å². The molecule has 1 aliphatic carbocycles. The van der Waals surface area contributed by atoms with Gasteiger partial charge >= 0.3 is 0 Å². The molecule has 4 aliphatic heterocycles. The molecule has 0 amide bonds. The van der Waals surface area contributed by atoms with Crippen LogP contribution >= 0.6 is 0 Å². The summed E-state index contributed by atoms with van der Waals surface area (Å²) in [7, 11) is 1.70. The summed E-state index contributed by atoms with van der Waals surface area (Å²) >= 11 is 0. The second-order valence-electron chi connectivity index (χ2n) is 7.51. The quantitative estimate of drug-likeness (QED) is 0.697. The van der Waals surface area contributed by atoms with Gasteiger partial charge in [-0.1, -0.05) is 13.8 Å². The molecular formula is C16H26O5. The molecule has 5 fully saturated rings. The van der Waals surface area contributed by atoms with Gasteiger partial charge in [-0.15, -0.1) is 0 Å². The number of hydrogen-bond donors (Lipinski definition) is 0. The molecule has 4 heterocycles. The van der Waals surface area contributed by atoms with Gasteiger partial charge in [0.25, 0.3) is 0 Å². The van der Waals surface area contributed by atoms with Crippen molar-refractivity contribution < 1.29 is 24.0 Å². The number of hydrogen-bond acceptors (Lipinski definition) is 5. The number of fused-ring (bicyclic) bond motifs is 2. The Morgan fingerprint density at radius 2 is 1.86 bits per heavy atom. The lowest BCUT2D eigenvalue weighted by Crippen LogP contribution is -2.70. The van der Waals surface area contributed by atoms with Gasteiger partial charge in [0.2, 0.25) is 5.79 Å².